The molecule has 4 nitrogen and oxygen atoms in total. The molecule has 0 aliphatic rings. The predicted molar refractivity (Wildman–Crippen MR) is 97.1 cm³/mol. The first-order chi connectivity index (χ1) is 11.3. The zero-order valence-corrected chi connectivity index (χ0v) is 14.7. The number of hydrogen-bond acceptors (Lipinski definition) is 3. The Bertz CT molecular complexity index is 418. The first-order valence-electron chi connectivity index (χ1n) is 8.99. The van der Waals surface area contributed by atoms with E-state index in [1.54, 1.807) is 0 Å². The predicted octanol–water partition coefficient (Wildman–Crippen LogP) is 4.36. The lowest BCUT2D eigenvalue weighted by Gasteiger charge is -2.09. The van der Waals surface area contributed by atoms with E-state index >= 15 is 0 Å². The van der Waals surface area contributed by atoms with Crippen molar-refractivity contribution in [2.45, 2.75) is 58.8 Å². The molecule has 0 radical (unpaired) electrons. The first-order valence-corrected chi connectivity index (χ1v) is 8.99. The molecule has 0 unspecified atom stereocenters. The number of anilines is 1. The second-order valence-corrected chi connectivity index (χ2v) is 5.87. The lowest BCUT2D eigenvalue weighted by Crippen LogP contribution is -2.28. The summed E-state index contributed by atoms with van der Waals surface area (Å²) in [5.74, 6) is 0.847. The van der Waals surface area contributed by atoms with Crippen molar-refractivity contribution in [1.82, 2.24) is 5.32 Å². The van der Waals surface area contributed by atoms with Gasteiger partial charge in [-0.3, -0.25) is 4.79 Å². The van der Waals surface area contributed by atoms with Gasteiger partial charge in [0, 0.05) is 5.69 Å². The number of carbonyl (C=O) groups excluding carboxylic acids is 1. The molecule has 1 rings (SSSR count). The molecule has 0 saturated carbocycles. The molecule has 0 bridgehead atoms. The van der Waals surface area contributed by atoms with E-state index < -0.39 is 0 Å². The van der Waals surface area contributed by atoms with E-state index in [-0.39, 0.29) is 5.91 Å². The van der Waals surface area contributed by atoms with E-state index in [1.807, 2.05) is 24.3 Å². The van der Waals surface area contributed by atoms with Crippen LogP contribution >= 0.6 is 0 Å². The van der Waals surface area contributed by atoms with Gasteiger partial charge in [0.2, 0.25) is 5.91 Å². The third kappa shape index (κ3) is 9.95. The first kappa shape index (κ1) is 19.5. The summed E-state index contributed by atoms with van der Waals surface area (Å²) in [6.07, 6.45) is 8.41. The van der Waals surface area contributed by atoms with Gasteiger partial charge in [0.15, 0.2) is 0 Å². The standard InChI is InChI=1S/C19H32N2O2/c1-3-5-7-8-9-14-20-16-19(22)21-17-10-12-18(13-11-17)23-15-6-4-2/h10-13,20H,3-9,14-16H2,1-2H3,(H,21,22). The van der Waals surface area contributed by atoms with Crippen molar-refractivity contribution in [1.29, 1.82) is 0 Å². The second-order valence-electron chi connectivity index (χ2n) is 5.87. The lowest BCUT2D eigenvalue weighted by molar-refractivity contribution is -0.115. The summed E-state index contributed by atoms with van der Waals surface area (Å²) in [6.45, 7) is 6.36. The summed E-state index contributed by atoms with van der Waals surface area (Å²) < 4.78 is 5.60. The quantitative estimate of drug-likeness (QED) is 0.531. The van der Waals surface area contributed by atoms with E-state index in [4.69, 9.17) is 4.74 Å². The molecule has 0 aromatic heterocycles. The molecule has 0 fully saturated rings. The largest absolute Gasteiger partial charge is 0.494 e. The van der Waals surface area contributed by atoms with Crippen LogP contribution in [0.15, 0.2) is 24.3 Å². The van der Waals surface area contributed by atoms with Crippen molar-refractivity contribution >= 4 is 11.6 Å². The Balaban J connectivity index is 2.14. The maximum absolute atomic E-state index is 11.8. The van der Waals surface area contributed by atoms with Crippen LogP contribution in [0.4, 0.5) is 5.69 Å². The number of amides is 1. The van der Waals surface area contributed by atoms with Crippen molar-refractivity contribution in [3.63, 3.8) is 0 Å². The molecule has 130 valence electrons. The molecule has 1 aromatic rings. The maximum atomic E-state index is 11.8. The van der Waals surface area contributed by atoms with Crippen molar-refractivity contribution in [3.8, 4) is 5.75 Å². The number of carbonyl (C=O) groups is 1. The van der Waals surface area contributed by atoms with Gasteiger partial charge >= 0.3 is 0 Å². The lowest BCUT2D eigenvalue weighted by atomic mass is 10.1. The zero-order chi connectivity index (χ0) is 16.8. The van der Waals surface area contributed by atoms with Crippen molar-refractivity contribution in [3.05, 3.63) is 24.3 Å². The monoisotopic (exact) mass is 320 g/mol. The maximum Gasteiger partial charge on any atom is 0.238 e. The van der Waals surface area contributed by atoms with Crippen molar-refractivity contribution in [2.24, 2.45) is 0 Å². The van der Waals surface area contributed by atoms with E-state index in [0.717, 1.165) is 43.9 Å². The normalized spacial score (nSPS) is 10.5. The van der Waals surface area contributed by atoms with Crippen LogP contribution in [-0.2, 0) is 4.79 Å². The van der Waals surface area contributed by atoms with Gasteiger partial charge in [-0.2, -0.15) is 0 Å². The van der Waals surface area contributed by atoms with Crippen LogP contribution in [0.25, 0.3) is 0 Å². The van der Waals surface area contributed by atoms with Crippen molar-refractivity contribution < 1.29 is 9.53 Å². The fourth-order valence-corrected chi connectivity index (χ4v) is 2.23. The number of benzene rings is 1. The molecule has 0 spiro atoms. The molecule has 1 amide bonds. The van der Waals surface area contributed by atoms with Crippen LogP contribution in [0.3, 0.4) is 0 Å². The minimum Gasteiger partial charge on any atom is -0.494 e. The average molecular weight is 320 g/mol. The van der Waals surface area contributed by atoms with Gasteiger partial charge in [-0.25, -0.2) is 0 Å². The fourth-order valence-electron chi connectivity index (χ4n) is 2.23. The SMILES string of the molecule is CCCCCCCNCC(=O)Nc1ccc(OCCCC)cc1. The van der Waals surface area contributed by atoms with E-state index in [9.17, 15) is 4.79 Å². The molecule has 0 saturated heterocycles. The van der Waals surface area contributed by atoms with Crippen LogP contribution in [-0.4, -0.2) is 25.6 Å². The van der Waals surface area contributed by atoms with Crippen LogP contribution in [0.5, 0.6) is 5.75 Å². The molecule has 4 heteroatoms. The van der Waals surface area contributed by atoms with Crippen LogP contribution in [0.1, 0.15) is 58.8 Å². The fraction of sp³-hybridized carbons (Fsp3) is 0.632. The number of rotatable bonds is 13. The highest BCUT2D eigenvalue weighted by Gasteiger charge is 2.02. The molecule has 0 aliphatic carbocycles. The van der Waals surface area contributed by atoms with Gasteiger partial charge in [-0.15, -0.1) is 0 Å². The second kappa shape index (κ2) is 12.9. The van der Waals surface area contributed by atoms with Crippen LogP contribution in [0, 0.1) is 0 Å². The molecular formula is C19H32N2O2. The number of unbranched alkanes of at least 4 members (excludes halogenated alkanes) is 5. The van der Waals surface area contributed by atoms with Crippen LogP contribution < -0.4 is 15.4 Å². The summed E-state index contributed by atoms with van der Waals surface area (Å²) in [6, 6.07) is 7.55. The highest BCUT2D eigenvalue weighted by atomic mass is 16.5. The Labute approximate surface area is 141 Å². The zero-order valence-electron chi connectivity index (χ0n) is 14.7. The molecule has 0 aliphatic heterocycles. The highest BCUT2D eigenvalue weighted by Crippen LogP contribution is 2.15. The van der Waals surface area contributed by atoms with E-state index in [1.165, 1.54) is 25.7 Å². The Kier molecular flexibility index (Phi) is 11.0. The summed E-state index contributed by atoms with van der Waals surface area (Å²) in [7, 11) is 0. The van der Waals surface area contributed by atoms with Crippen LogP contribution in [0.2, 0.25) is 0 Å². The molecule has 23 heavy (non-hydrogen) atoms. The summed E-state index contributed by atoms with van der Waals surface area (Å²) in [4.78, 5) is 11.8. The summed E-state index contributed by atoms with van der Waals surface area (Å²) in [5.41, 5.74) is 0.808. The highest BCUT2D eigenvalue weighted by molar-refractivity contribution is 5.92. The number of nitrogens with one attached hydrogen (secondary N) is 2. The van der Waals surface area contributed by atoms with Gasteiger partial charge in [-0.05, 0) is 43.7 Å². The van der Waals surface area contributed by atoms with Gasteiger partial charge in [0.25, 0.3) is 0 Å². The molecule has 2 N–H and O–H groups in total. The van der Waals surface area contributed by atoms with Gasteiger partial charge in [-0.1, -0.05) is 46.0 Å². The minimum absolute atomic E-state index is 0.00166. The third-order valence-electron chi connectivity index (χ3n) is 3.65. The number of hydrogen-bond donors (Lipinski definition) is 2. The topological polar surface area (TPSA) is 50.4 Å². The van der Waals surface area contributed by atoms with Gasteiger partial charge in [0.1, 0.15) is 5.75 Å². The third-order valence-corrected chi connectivity index (χ3v) is 3.65. The van der Waals surface area contributed by atoms with Crippen molar-refractivity contribution in [2.75, 3.05) is 25.0 Å². The summed E-state index contributed by atoms with van der Waals surface area (Å²) in [5, 5.41) is 6.08. The Morgan fingerprint density at radius 3 is 2.35 bits per heavy atom. The minimum atomic E-state index is -0.00166. The Hall–Kier alpha value is -1.55. The molecule has 0 heterocycles. The smallest absolute Gasteiger partial charge is 0.238 e. The molecule has 0 atom stereocenters. The summed E-state index contributed by atoms with van der Waals surface area (Å²) >= 11 is 0. The molecule has 1 aromatic carbocycles. The number of ether oxygens (including phenoxy) is 1. The van der Waals surface area contributed by atoms with Gasteiger partial charge in [0.05, 0.1) is 13.2 Å². The molecular weight excluding hydrogens is 288 g/mol. The Morgan fingerprint density at radius 2 is 1.65 bits per heavy atom. The van der Waals surface area contributed by atoms with Gasteiger partial charge < -0.3 is 15.4 Å². The average Bonchev–Trinajstić information content (AvgIpc) is 2.56. The Morgan fingerprint density at radius 1 is 0.957 bits per heavy atom. The van der Waals surface area contributed by atoms with E-state index in [0.29, 0.717) is 6.54 Å². The van der Waals surface area contributed by atoms with E-state index in [2.05, 4.69) is 24.5 Å².